The zero-order valence-electron chi connectivity index (χ0n) is 12.8. The zero-order valence-corrected chi connectivity index (χ0v) is 12.8. The van der Waals surface area contributed by atoms with Crippen LogP contribution >= 0.6 is 0 Å². The number of benzene rings is 1. The Morgan fingerprint density at radius 2 is 2.05 bits per heavy atom. The minimum atomic E-state index is -0.0714. The smallest absolute Gasteiger partial charge is 0.256 e. The number of anilines is 1. The molecule has 1 saturated heterocycles. The highest BCUT2D eigenvalue weighted by Crippen LogP contribution is 2.18. The quantitative estimate of drug-likeness (QED) is 0.920. The van der Waals surface area contributed by atoms with Gasteiger partial charge in [-0.05, 0) is 25.0 Å². The Balaban J connectivity index is 2.17. The van der Waals surface area contributed by atoms with Crippen molar-refractivity contribution in [3.8, 4) is 0 Å². The summed E-state index contributed by atoms with van der Waals surface area (Å²) >= 11 is 0. The maximum Gasteiger partial charge on any atom is 0.256 e. The van der Waals surface area contributed by atoms with E-state index in [9.17, 15) is 9.59 Å². The lowest BCUT2D eigenvalue weighted by Crippen LogP contribution is -2.38. The highest BCUT2D eigenvalue weighted by molar-refractivity contribution is 6.01. The Kier molecular flexibility index (Phi) is 5.20. The van der Waals surface area contributed by atoms with E-state index in [1.165, 1.54) is 0 Å². The Labute approximate surface area is 125 Å². The molecule has 114 valence electrons. The van der Waals surface area contributed by atoms with Crippen molar-refractivity contribution in [1.82, 2.24) is 9.80 Å². The number of rotatable bonds is 4. The number of hydrogen-bond acceptors (Lipinski definition) is 3. The van der Waals surface area contributed by atoms with E-state index in [0.29, 0.717) is 18.7 Å². The first kappa shape index (κ1) is 15.4. The van der Waals surface area contributed by atoms with Gasteiger partial charge in [0.1, 0.15) is 6.54 Å². The molecule has 1 N–H and O–H groups in total. The molecule has 21 heavy (non-hydrogen) atoms. The molecule has 5 nitrogen and oxygen atoms in total. The molecule has 1 aromatic carbocycles. The number of para-hydroxylation sites is 1. The first-order valence-electron chi connectivity index (χ1n) is 7.49. The van der Waals surface area contributed by atoms with Gasteiger partial charge in [0.15, 0.2) is 0 Å². The molecule has 0 spiro atoms. The van der Waals surface area contributed by atoms with E-state index in [1.807, 2.05) is 24.3 Å². The van der Waals surface area contributed by atoms with E-state index in [2.05, 4.69) is 12.2 Å². The summed E-state index contributed by atoms with van der Waals surface area (Å²) < 4.78 is 0. The van der Waals surface area contributed by atoms with Crippen molar-refractivity contribution in [1.29, 1.82) is 0 Å². The van der Waals surface area contributed by atoms with Gasteiger partial charge in [-0.2, -0.15) is 0 Å². The van der Waals surface area contributed by atoms with E-state index in [1.54, 1.807) is 16.8 Å². The van der Waals surface area contributed by atoms with E-state index in [-0.39, 0.29) is 18.4 Å². The lowest BCUT2D eigenvalue weighted by atomic mass is 10.1. The molecule has 0 bridgehead atoms. The summed E-state index contributed by atoms with van der Waals surface area (Å²) in [5.74, 6) is -0.0716. The van der Waals surface area contributed by atoms with Crippen molar-refractivity contribution < 1.29 is 9.59 Å². The monoisotopic (exact) mass is 289 g/mol. The fourth-order valence-corrected chi connectivity index (χ4v) is 2.41. The molecule has 1 aromatic rings. The third kappa shape index (κ3) is 3.74. The Hall–Kier alpha value is -2.04. The third-order valence-corrected chi connectivity index (χ3v) is 3.68. The molecule has 0 atom stereocenters. The van der Waals surface area contributed by atoms with Crippen LogP contribution in [0.2, 0.25) is 0 Å². The number of nitrogens with one attached hydrogen (secondary N) is 1. The Morgan fingerprint density at radius 1 is 1.29 bits per heavy atom. The summed E-state index contributed by atoms with van der Waals surface area (Å²) in [6.45, 7) is 4.40. The lowest BCUT2D eigenvalue weighted by Gasteiger charge is -2.21. The van der Waals surface area contributed by atoms with Crippen molar-refractivity contribution in [2.75, 3.05) is 38.5 Å². The van der Waals surface area contributed by atoms with Crippen LogP contribution in [0.25, 0.3) is 0 Å². The van der Waals surface area contributed by atoms with Gasteiger partial charge in [-0.3, -0.25) is 9.59 Å². The molecule has 0 aromatic heterocycles. The molecule has 1 heterocycles. The molecule has 5 heteroatoms. The molecule has 1 aliphatic heterocycles. The summed E-state index contributed by atoms with van der Waals surface area (Å²) in [6.07, 6.45) is 1.81. The summed E-state index contributed by atoms with van der Waals surface area (Å²) in [4.78, 5) is 28.0. The van der Waals surface area contributed by atoms with Crippen LogP contribution in [0.4, 0.5) is 5.69 Å². The highest BCUT2D eigenvalue weighted by Gasteiger charge is 2.24. The fourth-order valence-electron chi connectivity index (χ4n) is 2.41. The van der Waals surface area contributed by atoms with Gasteiger partial charge in [0.2, 0.25) is 5.91 Å². The first-order chi connectivity index (χ1) is 10.1. The molecule has 2 amide bonds. The molecule has 0 saturated carbocycles. The molecule has 0 unspecified atom stereocenters. The van der Waals surface area contributed by atoms with E-state index in [0.717, 1.165) is 25.1 Å². The number of nitrogens with zero attached hydrogens (tertiary/aromatic N) is 2. The number of likely N-dealkylation sites (N-methyl/N-ethyl adjacent to an activating group) is 1. The summed E-state index contributed by atoms with van der Waals surface area (Å²) in [5, 5.41) is 3.28. The number of carbonyl (C=O) groups is 2. The topological polar surface area (TPSA) is 52.7 Å². The van der Waals surface area contributed by atoms with Gasteiger partial charge in [-0.1, -0.05) is 19.1 Å². The van der Waals surface area contributed by atoms with Crippen LogP contribution in [0, 0.1) is 0 Å². The van der Waals surface area contributed by atoms with Crippen LogP contribution < -0.4 is 5.32 Å². The molecular formula is C16H23N3O2. The van der Waals surface area contributed by atoms with Crippen molar-refractivity contribution in [2.45, 2.75) is 19.8 Å². The van der Waals surface area contributed by atoms with Gasteiger partial charge < -0.3 is 15.1 Å². The predicted octanol–water partition coefficient (Wildman–Crippen LogP) is 1.81. The number of carbonyl (C=O) groups excluding carboxylic acids is 2. The molecule has 0 radical (unpaired) electrons. The average molecular weight is 289 g/mol. The van der Waals surface area contributed by atoms with Gasteiger partial charge in [-0.15, -0.1) is 0 Å². The van der Waals surface area contributed by atoms with Crippen molar-refractivity contribution >= 4 is 17.5 Å². The van der Waals surface area contributed by atoms with Crippen LogP contribution in [-0.4, -0.2) is 54.8 Å². The highest BCUT2D eigenvalue weighted by atomic mass is 16.2. The molecule has 2 rings (SSSR count). The van der Waals surface area contributed by atoms with Gasteiger partial charge in [0, 0.05) is 32.4 Å². The van der Waals surface area contributed by atoms with Crippen LogP contribution in [0.5, 0.6) is 0 Å². The Bertz CT molecular complexity index is 516. The molecular weight excluding hydrogens is 266 g/mol. The minimum absolute atomic E-state index is 0.000140. The zero-order chi connectivity index (χ0) is 15.2. The second-order valence-corrected chi connectivity index (χ2v) is 5.37. The maximum absolute atomic E-state index is 12.7. The maximum atomic E-state index is 12.7. The largest absolute Gasteiger partial charge is 0.384 e. The van der Waals surface area contributed by atoms with Crippen molar-refractivity contribution in [3.05, 3.63) is 29.8 Å². The second-order valence-electron chi connectivity index (χ2n) is 5.37. The van der Waals surface area contributed by atoms with E-state index in [4.69, 9.17) is 0 Å². The SMILES string of the molecule is CCCNc1ccccc1C(=O)N1CCCN(C)C(=O)C1. The van der Waals surface area contributed by atoms with Gasteiger partial charge in [0.05, 0.1) is 5.56 Å². The first-order valence-corrected chi connectivity index (χ1v) is 7.49. The summed E-state index contributed by atoms with van der Waals surface area (Å²) in [6, 6.07) is 7.50. The van der Waals surface area contributed by atoms with E-state index >= 15 is 0 Å². The van der Waals surface area contributed by atoms with Gasteiger partial charge in [0.25, 0.3) is 5.91 Å². The van der Waals surface area contributed by atoms with Crippen molar-refractivity contribution in [3.63, 3.8) is 0 Å². The molecule has 1 aliphatic rings. The van der Waals surface area contributed by atoms with Crippen LogP contribution in [-0.2, 0) is 4.79 Å². The molecule has 0 aliphatic carbocycles. The standard InChI is InChI=1S/C16H23N3O2/c1-3-9-17-14-8-5-4-7-13(14)16(21)19-11-6-10-18(2)15(20)12-19/h4-5,7-8,17H,3,6,9-12H2,1-2H3. The number of hydrogen-bond donors (Lipinski definition) is 1. The summed E-state index contributed by atoms with van der Waals surface area (Å²) in [5.41, 5.74) is 1.48. The Morgan fingerprint density at radius 3 is 2.81 bits per heavy atom. The van der Waals surface area contributed by atoms with Crippen LogP contribution in [0.3, 0.4) is 0 Å². The van der Waals surface area contributed by atoms with Crippen LogP contribution in [0.1, 0.15) is 30.1 Å². The number of amides is 2. The van der Waals surface area contributed by atoms with Gasteiger partial charge >= 0.3 is 0 Å². The fraction of sp³-hybridized carbons (Fsp3) is 0.500. The predicted molar refractivity (Wildman–Crippen MR) is 83.4 cm³/mol. The minimum Gasteiger partial charge on any atom is -0.384 e. The summed E-state index contributed by atoms with van der Waals surface area (Å²) in [7, 11) is 1.78. The second kappa shape index (κ2) is 7.11. The van der Waals surface area contributed by atoms with Crippen LogP contribution in [0.15, 0.2) is 24.3 Å². The average Bonchev–Trinajstić information content (AvgIpc) is 2.67. The third-order valence-electron chi connectivity index (χ3n) is 3.68. The van der Waals surface area contributed by atoms with E-state index < -0.39 is 0 Å². The lowest BCUT2D eigenvalue weighted by molar-refractivity contribution is -0.129. The van der Waals surface area contributed by atoms with Crippen molar-refractivity contribution in [2.24, 2.45) is 0 Å². The van der Waals surface area contributed by atoms with Gasteiger partial charge in [-0.25, -0.2) is 0 Å². The molecule has 1 fully saturated rings. The normalized spacial score (nSPS) is 15.8.